The summed E-state index contributed by atoms with van der Waals surface area (Å²) in [5.41, 5.74) is 0.952. The zero-order valence-corrected chi connectivity index (χ0v) is 10.8. The molecule has 2 rings (SSSR count). The van der Waals surface area contributed by atoms with Gasteiger partial charge in [0.1, 0.15) is 5.82 Å². The lowest BCUT2D eigenvalue weighted by Gasteiger charge is -2.37. The van der Waals surface area contributed by atoms with Crippen LogP contribution in [-0.2, 0) is 0 Å². The SMILES string of the molecule is CCC1CCCCN1c1ncccc1C(C)O. The highest BCUT2D eigenvalue weighted by atomic mass is 16.3. The van der Waals surface area contributed by atoms with Crippen molar-refractivity contribution >= 4 is 5.82 Å². The lowest BCUT2D eigenvalue weighted by atomic mass is 9.99. The van der Waals surface area contributed by atoms with Crippen molar-refractivity contribution < 1.29 is 5.11 Å². The molecule has 0 saturated carbocycles. The van der Waals surface area contributed by atoms with Gasteiger partial charge in [-0.15, -0.1) is 0 Å². The van der Waals surface area contributed by atoms with Crippen molar-refractivity contribution in [1.82, 2.24) is 4.98 Å². The molecule has 0 amide bonds. The molecule has 1 aliphatic heterocycles. The smallest absolute Gasteiger partial charge is 0.134 e. The molecular weight excluding hydrogens is 212 g/mol. The molecule has 1 fully saturated rings. The number of piperidine rings is 1. The minimum atomic E-state index is -0.446. The van der Waals surface area contributed by atoms with Crippen LogP contribution in [0.2, 0.25) is 0 Å². The van der Waals surface area contributed by atoms with Gasteiger partial charge in [0.25, 0.3) is 0 Å². The second-order valence-corrected chi connectivity index (χ2v) is 4.84. The lowest BCUT2D eigenvalue weighted by Crippen LogP contribution is -2.40. The fourth-order valence-electron chi connectivity index (χ4n) is 2.68. The molecule has 0 spiro atoms. The van der Waals surface area contributed by atoms with Gasteiger partial charge in [0.05, 0.1) is 6.10 Å². The van der Waals surface area contributed by atoms with Gasteiger partial charge in [-0.05, 0) is 38.7 Å². The van der Waals surface area contributed by atoms with Crippen molar-refractivity contribution in [1.29, 1.82) is 0 Å². The van der Waals surface area contributed by atoms with Gasteiger partial charge in [-0.2, -0.15) is 0 Å². The van der Waals surface area contributed by atoms with E-state index in [0.717, 1.165) is 24.3 Å². The maximum atomic E-state index is 9.83. The molecule has 1 saturated heterocycles. The van der Waals surface area contributed by atoms with Crippen LogP contribution in [0.3, 0.4) is 0 Å². The second-order valence-electron chi connectivity index (χ2n) is 4.84. The Hall–Kier alpha value is -1.09. The largest absolute Gasteiger partial charge is 0.389 e. The first-order chi connectivity index (χ1) is 8.24. The van der Waals surface area contributed by atoms with E-state index in [9.17, 15) is 5.11 Å². The Morgan fingerprint density at radius 3 is 3.06 bits per heavy atom. The summed E-state index contributed by atoms with van der Waals surface area (Å²) in [6.07, 6.45) is 6.31. The van der Waals surface area contributed by atoms with E-state index < -0.39 is 6.10 Å². The van der Waals surface area contributed by atoms with Gasteiger partial charge in [-0.1, -0.05) is 13.0 Å². The Labute approximate surface area is 103 Å². The molecule has 1 aliphatic rings. The summed E-state index contributed by atoms with van der Waals surface area (Å²) < 4.78 is 0. The maximum Gasteiger partial charge on any atom is 0.134 e. The molecule has 17 heavy (non-hydrogen) atoms. The van der Waals surface area contributed by atoms with Gasteiger partial charge in [0.15, 0.2) is 0 Å². The van der Waals surface area contributed by atoms with Gasteiger partial charge in [0.2, 0.25) is 0 Å². The number of anilines is 1. The number of hydrogen-bond acceptors (Lipinski definition) is 3. The Bertz CT molecular complexity index is 365. The van der Waals surface area contributed by atoms with Gasteiger partial charge < -0.3 is 10.0 Å². The fourth-order valence-corrected chi connectivity index (χ4v) is 2.68. The molecule has 0 radical (unpaired) electrons. The summed E-state index contributed by atoms with van der Waals surface area (Å²) in [5, 5.41) is 9.83. The first-order valence-electron chi connectivity index (χ1n) is 6.63. The summed E-state index contributed by atoms with van der Waals surface area (Å²) in [6.45, 7) is 5.11. The van der Waals surface area contributed by atoms with E-state index in [4.69, 9.17) is 0 Å². The molecule has 1 aromatic heterocycles. The number of aliphatic hydroxyl groups is 1. The minimum Gasteiger partial charge on any atom is -0.389 e. The molecule has 2 atom stereocenters. The average molecular weight is 234 g/mol. The number of aliphatic hydroxyl groups excluding tert-OH is 1. The number of pyridine rings is 1. The van der Waals surface area contributed by atoms with Crippen LogP contribution in [0, 0.1) is 0 Å². The highest BCUT2D eigenvalue weighted by Crippen LogP contribution is 2.30. The van der Waals surface area contributed by atoms with E-state index >= 15 is 0 Å². The summed E-state index contributed by atoms with van der Waals surface area (Å²) in [5.74, 6) is 0.981. The van der Waals surface area contributed by atoms with Crippen molar-refractivity contribution in [2.24, 2.45) is 0 Å². The fraction of sp³-hybridized carbons (Fsp3) is 0.643. The lowest BCUT2D eigenvalue weighted by molar-refractivity contribution is 0.199. The first-order valence-corrected chi connectivity index (χ1v) is 6.63. The molecule has 0 bridgehead atoms. The van der Waals surface area contributed by atoms with Gasteiger partial charge in [0, 0.05) is 24.3 Å². The number of hydrogen-bond donors (Lipinski definition) is 1. The molecular formula is C14H22N2O. The van der Waals surface area contributed by atoms with E-state index in [-0.39, 0.29) is 0 Å². The van der Waals surface area contributed by atoms with E-state index in [1.807, 2.05) is 25.3 Å². The van der Waals surface area contributed by atoms with Crippen LogP contribution in [0.15, 0.2) is 18.3 Å². The third kappa shape index (κ3) is 2.60. The van der Waals surface area contributed by atoms with Gasteiger partial charge in [-0.3, -0.25) is 0 Å². The third-order valence-corrected chi connectivity index (χ3v) is 3.64. The normalized spacial score (nSPS) is 22.5. The quantitative estimate of drug-likeness (QED) is 0.873. The molecule has 1 aromatic rings. The summed E-state index contributed by atoms with van der Waals surface area (Å²) in [4.78, 5) is 6.87. The highest BCUT2D eigenvalue weighted by molar-refractivity contribution is 5.49. The molecule has 3 nitrogen and oxygen atoms in total. The van der Waals surface area contributed by atoms with Crippen LogP contribution in [0.4, 0.5) is 5.82 Å². The van der Waals surface area contributed by atoms with Crippen LogP contribution >= 0.6 is 0 Å². The van der Waals surface area contributed by atoms with E-state index in [0.29, 0.717) is 6.04 Å². The van der Waals surface area contributed by atoms with Crippen molar-refractivity contribution in [2.75, 3.05) is 11.4 Å². The minimum absolute atomic E-state index is 0.446. The summed E-state index contributed by atoms with van der Waals surface area (Å²) in [6, 6.07) is 4.46. The zero-order valence-electron chi connectivity index (χ0n) is 10.8. The Morgan fingerprint density at radius 1 is 1.53 bits per heavy atom. The number of aromatic nitrogens is 1. The maximum absolute atomic E-state index is 9.83. The van der Waals surface area contributed by atoms with Gasteiger partial charge in [-0.25, -0.2) is 4.98 Å². The molecule has 3 heteroatoms. The van der Waals surface area contributed by atoms with Crippen molar-refractivity contribution in [2.45, 2.75) is 51.7 Å². The second kappa shape index (κ2) is 5.50. The van der Waals surface area contributed by atoms with Crippen LogP contribution in [0.25, 0.3) is 0 Å². The average Bonchev–Trinajstić information content (AvgIpc) is 2.38. The molecule has 0 aliphatic carbocycles. The molecule has 94 valence electrons. The van der Waals surface area contributed by atoms with E-state index in [1.165, 1.54) is 19.3 Å². The van der Waals surface area contributed by atoms with Crippen LogP contribution < -0.4 is 4.90 Å². The van der Waals surface area contributed by atoms with Crippen molar-refractivity contribution in [3.8, 4) is 0 Å². The molecule has 1 N–H and O–H groups in total. The Kier molecular flexibility index (Phi) is 4.00. The molecule has 0 aromatic carbocycles. The van der Waals surface area contributed by atoms with Gasteiger partial charge >= 0.3 is 0 Å². The standard InChI is InChI=1S/C14H22N2O/c1-3-12-7-4-5-10-16(12)14-13(11(2)17)8-6-9-15-14/h6,8-9,11-12,17H,3-5,7,10H2,1-2H3. The highest BCUT2D eigenvalue weighted by Gasteiger charge is 2.24. The number of nitrogens with zero attached hydrogens (tertiary/aromatic N) is 2. The van der Waals surface area contributed by atoms with E-state index in [2.05, 4.69) is 16.8 Å². The predicted molar refractivity (Wildman–Crippen MR) is 70.1 cm³/mol. The van der Waals surface area contributed by atoms with Crippen LogP contribution in [0.5, 0.6) is 0 Å². The topological polar surface area (TPSA) is 36.4 Å². The van der Waals surface area contributed by atoms with Crippen LogP contribution in [-0.4, -0.2) is 22.7 Å². The third-order valence-electron chi connectivity index (χ3n) is 3.64. The predicted octanol–water partition coefficient (Wildman–Crippen LogP) is 2.90. The Balaban J connectivity index is 2.31. The monoisotopic (exact) mass is 234 g/mol. The van der Waals surface area contributed by atoms with Crippen molar-refractivity contribution in [3.05, 3.63) is 23.9 Å². The Morgan fingerprint density at radius 2 is 2.35 bits per heavy atom. The molecule has 2 unspecified atom stereocenters. The summed E-state index contributed by atoms with van der Waals surface area (Å²) in [7, 11) is 0. The zero-order chi connectivity index (χ0) is 12.3. The first kappa shape index (κ1) is 12.4. The number of rotatable bonds is 3. The van der Waals surface area contributed by atoms with E-state index in [1.54, 1.807) is 0 Å². The van der Waals surface area contributed by atoms with Crippen molar-refractivity contribution in [3.63, 3.8) is 0 Å². The van der Waals surface area contributed by atoms with Crippen LogP contribution in [0.1, 0.15) is 51.2 Å². The molecule has 2 heterocycles. The summed E-state index contributed by atoms with van der Waals surface area (Å²) >= 11 is 0.